The van der Waals surface area contributed by atoms with Gasteiger partial charge in [-0.1, -0.05) is 61.2 Å². The number of carbonyl (C=O) groups excluding carboxylic acids is 1. The third-order valence-electron chi connectivity index (χ3n) is 6.07. The minimum Gasteiger partial charge on any atom is -0.507 e. The molecule has 3 aromatic carbocycles. The number of phenols is 1. The van der Waals surface area contributed by atoms with Gasteiger partial charge in [-0.25, -0.2) is 4.21 Å². The van der Waals surface area contributed by atoms with Gasteiger partial charge in [-0.2, -0.15) is 0 Å². The van der Waals surface area contributed by atoms with E-state index in [2.05, 4.69) is 53.8 Å². The number of phenolic OH excluding ortho intramolecular Hbond substituents is 1. The van der Waals surface area contributed by atoms with Crippen LogP contribution >= 0.6 is 0 Å². The molecule has 1 unspecified atom stereocenters. The van der Waals surface area contributed by atoms with E-state index in [4.69, 9.17) is 0 Å². The van der Waals surface area contributed by atoms with Gasteiger partial charge in [0.15, 0.2) is 11.0 Å². The molecule has 0 aromatic heterocycles. The van der Waals surface area contributed by atoms with E-state index in [1.165, 1.54) is 28.3 Å². The van der Waals surface area contributed by atoms with Crippen molar-refractivity contribution in [3.8, 4) is 16.9 Å². The number of rotatable bonds is 4. The van der Waals surface area contributed by atoms with E-state index < -0.39 is 16.9 Å². The van der Waals surface area contributed by atoms with Crippen LogP contribution in [-0.4, -0.2) is 15.2 Å². The summed E-state index contributed by atoms with van der Waals surface area (Å²) in [7, 11) is -1.63. The number of hydrogen-bond donors (Lipinski definition) is 2. The van der Waals surface area contributed by atoms with Crippen molar-refractivity contribution in [1.82, 2.24) is 4.72 Å². The molecule has 0 radical (unpaired) electrons. The lowest BCUT2D eigenvalue weighted by atomic mass is 9.90. The summed E-state index contributed by atoms with van der Waals surface area (Å²) >= 11 is 0. The van der Waals surface area contributed by atoms with Crippen molar-refractivity contribution in [2.45, 2.75) is 18.8 Å². The summed E-state index contributed by atoms with van der Waals surface area (Å²) in [5.41, 5.74) is 7.59. The molecule has 2 N–H and O–H groups in total. The zero-order valence-electron chi connectivity index (χ0n) is 16.8. The van der Waals surface area contributed by atoms with Gasteiger partial charge in [0, 0.05) is 17.6 Å². The highest BCUT2D eigenvalue weighted by Crippen LogP contribution is 2.44. The monoisotopic (exact) mass is 427 g/mol. The molecule has 0 bridgehead atoms. The molecule has 0 saturated heterocycles. The fourth-order valence-electron chi connectivity index (χ4n) is 4.57. The second-order valence-electron chi connectivity index (χ2n) is 7.81. The first-order valence-electron chi connectivity index (χ1n) is 10.2. The highest BCUT2D eigenvalue weighted by molar-refractivity contribution is 7.94. The van der Waals surface area contributed by atoms with E-state index >= 15 is 0 Å². The SMILES string of the molecule is C=Cc1ccc(-c2cccc3c2CC[C@@H]3c2ccc(C3=CC(=O)NS3=O)c(O)c2)cc1. The summed E-state index contributed by atoms with van der Waals surface area (Å²) in [5, 5.41) is 10.6. The summed E-state index contributed by atoms with van der Waals surface area (Å²) in [6.45, 7) is 3.82. The molecule has 0 saturated carbocycles. The highest BCUT2D eigenvalue weighted by Gasteiger charge is 2.28. The van der Waals surface area contributed by atoms with Gasteiger partial charge in [0.2, 0.25) is 0 Å². The minimum absolute atomic E-state index is 0.0400. The lowest BCUT2D eigenvalue weighted by Gasteiger charge is -2.15. The van der Waals surface area contributed by atoms with Crippen molar-refractivity contribution in [3.63, 3.8) is 0 Å². The van der Waals surface area contributed by atoms with Crippen molar-refractivity contribution in [3.05, 3.63) is 101 Å². The van der Waals surface area contributed by atoms with Crippen LogP contribution in [0.3, 0.4) is 0 Å². The molecule has 5 heteroatoms. The number of carbonyl (C=O) groups is 1. The van der Waals surface area contributed by atoms with Crippen LogP contribution < -0.4 is 4.72 Å². The predicted octanol–water partition coefficient (Wildman–Crippen LogP) is 4.91. The first-order chi connectivity index (χ1) is 15.0. The summed E-state index contributed by atoms with van der Waals surface area (Å²) < 4.78 is 14.4. The van der Waals surface area contributed by atoms with Crippen molar-refractivity contribution in [2.75, 3.05) is 0 Å². The topological polar surface area (TPSA) is 66.4 Å². The van der Waals surface area contributed by atoms with Crippen molar-refractivity contribution >= 4 is 27.9 Å². The van der Waals surface area contributed by atoms with Crippen LogP contribution in [0.5, 0.6) is 5.75 Å². The molecule has 1 aliphatic heterocycles. The highest BCUT2D eigenvalue weighted by atomic mass is 32.2. The second-order valence-corrected chi connectivity index (χ2v) is 8.99. The van der Waals surface area contributed by atoms with Crippen LogP contribution in [0.2, 0.25) is 0 Å². The molecule has 154 valence electrons. The Hall–Kier alpha value is -3.44. The molecular weight excluding hydrogens is 406 g/mol. The number of hydrogen-bond acceptors (Lipinski definition) is 3. The van der Waals surface area contributed by atoms with Crippen LogP contribution in [-0.2, 0) is 22.2 Å². The molecule has 5 rings (SSSR count). The van der Waals surface area contributed by atoms with E-state index in [0.717, 1.165) is 24.0 Å². The number of amides is 1. The summed E-state index contributed by atoms with van der Waals surface area (Å²) in [4.78, 5) is 11.8. The molecule has 1 amide bonds. The molecule has 0 spiro atoms. The van der Waals surface area contributed by atoms with Crippen LogP contribution in [0.25, 0.3) is 22.1 Å². The second kappa shape index (κ2) is 7.67. The van der Waals surface area contributed by atoms with Gasteiger partial charge in [0.25, 0.3) is 5.91 Å². The molecule has 2 atom stereocenters. The molecule has 3 aromatic rings. The summed E-state index contributed by atoms with van der Waals surface area (Å²) in [6.07, 6.45) is 5.05. The average molecular weight is 428 g/mol. The van der Waals surface area contributed by atoms with Crippen molar-refractivity contribution < 1.29 is 14.1 Å². The standard InChI is InChI=1S/C26H21NO3S/c1-2-16-6-8-17(9-7-16)19-4-3-5-21-20(12-13-22(19)21)18-10-11-23(24(28)14-18)25-15-26(29)27-31(25)30/h2-11,14-15,20,28H,1,12-13H2,(H,27,29)/t20-,31?/m1/s1. The zero-order valence-corrected chi connectivity index (χ0v) is 17.6. The molecular formula is C26H21NO3S. The first kappa shape index (κ1) is 19.5. The molecule has 1 aliphatic carbocycles. The minimum atomic E-state index is -1.63. The Labute approximate surface area is 183 Å². The maximum absolute atomic E-state index is 12.0. The molecule has 4 nitrogen and oxygen atoms in total. The van der Waals surface area contributed by atoms with Gasteiger partial charge in [-0.15, -0.1) is 0 Å². The van der Waals surface area contributed by atoms with Crippen LogP contribution in [0.1, 0.15) is 40.2 Å². The quantitative estimate of drug-likeness (QED) is 0.621. The van der Waals surface area contributed by atoms with Gasteiger partial charge in [-0.3, -0.25) is 9.52 Å². The number of fused-ring (bicyclic) bond motifs is 1. The lowest BCUT2D eigenvalue weighted by Crippen LogP contribution is -2.16. The molecule has 1 heterocycles. The third kappa shape index (κ3) is 3.41. The van der Waals surface area contributed by atoms with Crippen molar-refractivity contribution in [2.24, 2.45) is 0 Å². The van der Waals surface area contributed by atoms with Crippen LogP contribution in [0.4, 0.5) is 0 Å². The maximum atomic E-state index is 12.0. The Morgan fingerprint density at radius 1 is 1.06 bits per heavy atom. The van der Waals surface area contributed by atoms with Crippen LogP contribution in [0, 0.1) is 0 Å². The van der Waals surface area contributed by atoms with Gasteiger partial charge >= 0.3 is 0 Å². The number of benzene rings is 3. The average Bonchev–Trinajstić information content (AvgIpc) is 3.36. The maximum Gasteiger partial charge on any atom is 0.257 e. The van der Waals surface area contributed by atoms with E-state index in [9.17, 15) is 14.1 Å². The largest absolute Gasteiger partial charge is 0.507 e. The van der Waals surface area contributed by atoms with Gasteiger partial charge in [0.1, 0.15) is 5.75 Å². The normalized spacial score (nSPS) is 19.6. The van der Waals surface area contributed by atoms with Gasteiger partial charge in [0.05, 0.1) is 4.91 Å². The Balaban J connectivity index is 1.50. The van der Waals surface area contributed by atoms with Gasteiger partial charge < -0.3 is 5.11 Å². The van der Waals surface area contributed by atoms with E-state index in [1.54, 1.807) is 12.1 Å². The molecule has 2 aliphatic rings. The number of aromatic hydroxyl groups is 1. The zero-order chi connectivity index (χ0) is 21.5. The number of nitrogens with one attached hydrogen (secondary N) is 1. The molecule has 0 fully saturated rings. The fraction of sp³-hybridized carbons (Fsp3) is 0.115. The summed E-state index contributed by atoms with van der Waals surface area (Å²) in [5.74, 6) is -0.182. The summed E-state index contributed by atoms with van der Waals surface area (Å²) in [6, 6.07) is 20.3. The van der Waals surface area contributed by atoms with Gasteiger partial charge in [-0.05, 0) is 58.4 Å². The Morgan fingerprint density at radius 3 is 2.55 bits per heavy atom. The Bertz CT molecular complexity index is 1270. The van der Waals surface area contributed by atoms with Crippen LogP contribution in [0.15, 0.2) is 73.3 Å². The lowest BCUT2D eigenvalue weighted by molar-refractivity contribution is -0.114. The van der Waals surface area contributed by atoms with Crippen molar-refractivity contribution in [1.29, 1.82) is 0 Å². The predicted molar refractivity (Wildman–Crippen MR) is 125 cm³/mol. The Kier molecular flexibility index (Phi) is 4.83. The third-order valence-corrected chi connectivity index (χ3v) is 7.20. The first-order valence-corrected chi connectivity index (χ1v) is 11.3. The smallest absolute Gasteiger partial charge is 0.257 e. The molecule has 31 heavy (non-hydrogen) atoms. The van der Waals surface area contributed by atoms with E-state index in [0.29, 0.717) is 10.5 Å². The van der Waals surface area contributed by atoms with E-state index in [1.807, 2.05) is 12.1 Å². The Morgan fingerprint density at radius 2 is 1.87 bits per heavy atom. The van der Waals surface area contributed by atoms with E-state index in [-0.39, 0.29) is 11.7 Å². The fourth-order valence-corrected chi connectivity index (χ4v) is 5.51.